The zero-order valence-electron chi connectivity index (χ0n) is 32.4. The Hall–Kier alpha value is -5.16. The summed E-state index contributed by atoms with van der Waals surface area (Å²) in [4.78, 5) is 86.7. The Morgan fingerprint density at radius 3 is 2.29 bits per heavy atom. The second-order valence-electron chi connectivity index (χ2n) is 15.2. The van der Waals surface area contributed by atoms with Gasteiger partial charge >= 0.3 is 6.03 Å². The monoisotopic (exact) mass is 783 g/mol. The van der Waals surface area contributed by atoms with Crippen molar-refractivity contribution in [2.45, 2.75) is 109 Å². The molecule has 0 aliphatic carbocycles. The van der Waals surface area contributed by atoms with Gasteiger partial charge in [-0.15, -0.1) is 0 Å². The largest absolute Gasteiger partial charge is 0.366 e. The Morgan fingerprint density at radius 1 is 0.964 bits per heavy atom. The Morgan fingerprint density at radius 2 is 1.62 bits per heavy atom. The van der Waals surface area contributed by atoms with Gasteiger partial charge in [0.05, 0.1) is 12.1 Å². The summed E-state index contributed by atoms with van der Waals surface area (Å²) in [5, 5.41) is 21.9. The molecule has 17 heteroatoms. The average molecular weight is 784 g/mol. The fourth-order valence-electron chi connectivity index (χ4n) is 7.48. The van der Waals surface area contributed by atoms with Crippen molar-refractivity contribution < 1.29 is 47.4 Å². The summed E-state index contributed by atoms with van der Waals surface area (Å²) >= 11 is 0. The molecule has 15 nitrogen and oxygen atoms in total. The minimum atomic E-state index is -1.65. The number of carbonyl (C=O) groups excluding carboxylic acids is 6. The Labute approximate surface area is 324 Å². The number of halogens is 2. The normalized spacial score (nSPS) is 28.3. The van der Waals surface area contributed by atoms with E-state index in [4.69, 9.17) is 4.74 Å². The van der Waals surface area contributed by atoms with Gasteiger partial charge in [-0.1, -0.05) is 24.6 Å². The van der Waals surface area contributed by atoms with Crippen molar-refractivity contribution in [1.82, 2.24) is 30.7 Å². The van der Waals surface area contributed by atoms with Crippen LogP contribution in [0.15, 0.2) is 42.5 Å². The molecule has 5 rings (SSSR count). The average Bonchev–Trinajstić information content (AvgIpc) is 3.79. The lowest BCUT2D eigenvalue weighted by atomic mass is 10.0. The number of likely N-dealkylation sites (N-methyl/N-ethyl adjacent to an activating group) is 1. The van der Waals surface area contributed by atoms with E-state index in [0.29, 0.717) is 24.6 Å². The molecule has 3 aliphatic rings. The maximum absolute atomic E-state index is 14.5. The first-order valence-electron chi connectivity index (χ1n) is 18.8. The van der Waals surface area contributed by atoms with Crippen LogP contribution in [0.2, 0.25) is 0 Å². The Kier molecular flexibility index (Phi) is 13.3. The van der Waals surface area contributed by atoms with Crippen LogP contribution in [0.3, 0.4) is 0 Å². The van der Waals surface area contributed by atoms with Gasteiger partial charge in [0.1, 0.15) is 41.8 Å². The lowest BCUT2D eigenvalue weighted by molar-refractivity contribution is -0.181. The summed E-state index contributed by atoms with van der Waals surface area (Å²) in [5.41, 5.74) is 1.37. The lowest BCUT2D eigenvalue weighted by Gasteiger charge is -2.37. The van der Waals surface area contributed by atoms with Gasteiger partial charge in [-0.25, -0.2) is 13.6 Å². The summed E-state index contributed by atoms with van der Waals surface area (Å²) < 4.78 is 34.6. The zero-order valence-corrected chi connectivity index (χ0v) is 32.4. The molecule has 3 aliphatic heterocycles. The number of nitrogens with one attached hydrogen (secondary N) is 4. The molecule has 7 amide bonds. The fourth-order valence-corrected chi connectivity index (χ4v) is 7.48. The van der Waals surface area contributed by atoms with Crippen molar-refractivity contribution in [1.29, 1.82) is 0 Å². The van der Waals surface area contributed by atoms with E-state index in [1.54, 1.807) is 24.3 Å². The van der Waals surface area contributed by atoms with E-state index < -0.39 is 102 Å². The van der Waals surface area contributed by atoms with Crippen LogP contribution < -0.4 is 21.3 Å². The molecule has 56 heavy (non-hydrogen) atoms. The highest BCUT2D eigenvalue weighted by Crippen LogP contribution is 2.29. The lowest BCUT2D eigenvalue weighted by Crippen LogP contribution is -2.62. The van der Waals surface area contributed by atoms with Crippen LogP contribution in [0.5, 0.6) is 0 Å². The number of aryl methyl sites for hydroxylation is 1. The second-order valence-corrected chi connectivity index (χ2v) is 15.2. The van der Waals surface area contributed by atoms with Crippen LogP contribution in [0.25, 0.3) is 0 Å². The third-order valence-electron chi connectivity index (χ3n) is 10.7. The molecule has 3 saturated heterocycles. The van der Waals surface area contributed by atoms with Gasteiger partial charge in [-0.2, -0.15) is 0 Å². The number of aliphatic hydroxyl groups is 1. The SMILES string of the molecule is Cc1ccc(NC(=O)N[C@@H](Cc2cc(F)cc(F)c2)C(=O)N[C@@H]2C(=O)N3CCC[C@H]3C(=O)N(C)[C@@H](C)C(=O)N[C@@H](C)C(=O)N3C[C@H](C)C[C@H]3[C@@H](O)O[C@H]2C)cc1. The van der Waals surface area contributed by atoms with E-state index >= 15 is 0 Å². The van der Waals surface area contributed by atoms with Crippen molar-refractivity contribution in [3.8, 4) is 0 Å². The molecule has 0 radical (unpaired) electrons. The summed E-state index contributed by atoms with van der Waals surface area (Å²) in [6.07, 6.45) is -2.32. The van der Waals surface area contributed by atoms with Crippen molar-refractivity contribution in [2.24, 2.45) is 5.92 Å². The topological polar surface area (TPSA) is 190 Å². The van der Waals surface area contributed by atoms with Gasteiger partial charge in [-0.05, 0) is 82.7 Å². The summed E-state index contributed by atoms with van der Waals surface area (Å²) in [5.74, 6) is -5.16. The van der Waals surface area contributed by atoms with E-state index in [1.807, 2.05) is 13.8 Å². The number of amides is 7. The maximum atomic E-state index is 14.5. The number of anilines is 1. The molecular weight excluding hydrogens is 732 g/mol. The second kappa shape index (κ2) is 17.7. The minimum Gasteiger partial charge on any atom is -0.366 e. The first kappa shape index (κ1) is 42.0. The molecule has 3 fully saturated rings. The fraction of sp³-hybridized carbons (Fsp3) is 0.538. The quantitative estimate of drug-likeness (QED) is 0.293. The summed E-state index contributed by atoms with van der Waals surface area (Å²) in [6, 6.07) is 1.68. The van der Waals surface area contributed by atoms with Crippen LogP contribution in [0, 0.1) is 24.5 Å². The number of carbonyl (C=O) groups is 6. The number of benzene rings is 2. The van der Waals surface area contributed by atoms with E-state index in [-0.39, 0.29) is 31.0 Å². The Balaban J connectivity index is 1.49. The molecule has 0 spiro atoms. The number of urea groups is 1. The summed E-state index contributed by atoms with van der Waals surface area (Å²) in [6.45, 7) is 8.58. The van der Waals surface area contributed by atoms with Crippen LogP contribution in [0.4, 0.5) is 19.3 Å². The Bertz CT molecular complexity index is 1800. The predicted octanol–water partition coefficient (Wildman–Crippen LogP) is 1.81. The summed E-state index contributed by atoms with van der Waals surface area (Å²) in [7, 11) is 1.43. The highest BCUT2D eigenvalue weighted by atomic mass is 19.1. The first-order chi connectivity index (χ1) is 26.4. The number of ether oxygens (including phenoxy) is 1. The predicted molar refractivity (Wildman–Crippen MR) is 200 cm³/mol. The van der Waals surface area contributed by atoms with E-state index in [2.05, 4.69) is 21.3 Å². The highest BCUT2D eigenvalue weighted by Gasteiger charge is 2.46. The first-order valence-corrected chi connectivity index (χ1v) is 18.8. The maximum Gasteiger partial charge on any atom is 0.319 e. The molecular formula is C39H51F2N7O8. The van der Waals surface area contributed by atoms with Gasteiger partial charge in [0.2, 0.25) is 29.5 Å². The molecule has 2 aromatic rings. The van der Waals surface area contributed by atoms with Gasteiger partial charge in [0.25, 0.3) is 0 Å². The number of hydrogen-bond donors (Lipinski definition) is 5. The van der Waals surface area contributed by atoms with Crippen LogP contribution in [-0.2, 0) is 35.1 Å². The number of aliphatic hydroxyl groups excluding tert-OH is 1. The molecule has 304 valence electrons. The third kappa shape index (κ3) is 9.79. The van der Waals surface area contributed by atoms with Crippen molar-refractivity contribution in [3.05, 3.63) is 65.2 Å². The van der Waals surface area contributed by atoms with Crippen LogP contribution >= 0.6 is 0 Å². The highest BCUT2D eigenvalue weighted by molar-refractivity contribution is 5.98. The van der Waals surface area contributed by atoms with Gasteiger partial charge < -0.3 is 45.8 Å². The molecule has 9 atom stereocenters. The third-order valence-corrected chi connectivity index (χ3v) is 10.7. The molecule has 0 saturated carbocycles. The van der Waals surface area contributed by atoms with Gasteiger partial charge in [0, 0.05) is 38.3 Å². The molecule has 2 aromatic carbocycles. The molecule has 3 heterocycles. The van der Waals surface area contributed by atoms with Crippen LogP contribution in [0.1, 0.15) is 58.1 Å². The van der Waals surface area contributed by atoms with Crippen molar-refractivity contribution in [3.63, 3.8) is 0 Å². The van der Waals surface area contributed by atoms with Crippen molar-refractivity contribution >= 4 is 41.3 Å². The zero-order chi connectivity index (χ0) is 41.0. The molecule has 0 bridgehead atoms. The van der Waals surface area contributed by atoms with E-state index in [1.165, 1.54) is 42.5 Å². The number of rotatable bonds is 6. The minimum absolute atomic E-state index is 0.0306. The number of nitrogens with zero attached hydrogens (tertiary/aromatic N) is 3. The molecule has 5 N–H and O–H groups in total. The number of fused-ring (bicyclic) bond motifs is 2. The van der Waals surface area contributed by atoms with Crippen LogP contribution in [-0.4, -0.2) is 124 Å². The molecule has 0 aromatic heterocycles. The van der Waals surface area contributed by atoms with E-state index in [0.717, 1.165) is 17.7 Å². The number of hydrogen-bond acceptors (Lipinski definition) is 8. The standard InChI is InChI=1S/C39H51F2N7O8/c1-20-9-11-28(12-10-20)43-39(55)44-29(17-25-15-26(40)18-27(41)16-25)34(50)45-32-24(5)56-38(54)31-14-21(2)19-48(31)35(51)22(3)42-33(49)23(4)46(6)36(52)30-8-7-13-47(30)37(32)53/h9-12,15-16,18,21-24,29-32,38,54H,7-8,13-14,17,19H2,1-6H3,(H,42,49)(H,45,50)(H2,43,44,55)/t21-,22+,23+,24+,29+,30+,31+,32+,38+/m1/s1. The van der Waals surface area contributed by atoms with E-state index in [9.17, 15) is 42.7 Å². The van der Waals surface area contributed by atoms with Gasteiger partial charge in [0.15, 0.2) is 6.29 Å². The molecule has 0 unspecified atom stereocenters. The van der Waals surface area contributed by atoms with Gasteiger partial charge in [-0.3, -0.25) is 24.0 Å². The smallest absolute Gasteiger partial charge is 0.319 e. The van der Waals surface area contributed by atoms with Crippen molar-refractivity contribution in [2.75, 3.05) is 25.5 Å².